The number of likely N-dealkylation sites (tertiary alicyclic amines) is 1. The van der Waals surface area contributed by atoms with Crippen LogP contribution in [0.3, 0.4) is 0 Å². The minimum atomic E-state index is -0.994. The number of carbonyl (C=O) groups is 3. The number of amides is 3. The highest BCUT2D eigenvalue weighted by atomic mass is 16.4. The second-order valence-corrected chi connectivity index (χ2v) is 4.61. The first-order valence-corrected chi connectivity index (χ1v) is 6.48. The Hall–Kier alpha value is -1.79. The molecule has 0 spiro atoms. The summed E-state index contributed by atoms with van der Waals surface area (Å²) in [5, 5.41) is 11.5. The zero-order chi connectivity index (χ0) is 14.4. The molecule has 0 aromatic heterocycles. The summed E-state index contributed by atoms with van der Waals surface area (Å²) in [5.74, 6) is -1.19. The molecule has 1 atom stereocenters. The topological polar surface area (TPSA) is 90.0 Å². The van der Waals surface area contributed by atoms with Crippen molar-refractivity contribution in [2.24, 2.45) is 0 Å². The zero-order valence-electron chi connectivity index (χ0n) is 11.4. The van der Waals surface area contributed by atoms with Crippen molar-refractivity contribution in [2.75, 3.05) is 26.7 Å². The molecular weight excluding hydrogens is 250 g/mol. The van der Waals surface area contributed by atoms with Gasteiger partial charge in [0.1, 0.15) is 6.04 Å². The van der Waals surface area contributed by atoms with Crippen LogP contribution in [-0.2, 0) is 9.59 Å². The van der Waals surface area contributed by atoms with E-state index in [2.05, 4.69) is 5.32 Å². The van der Waals surface area contributed by atoms with Gasteiger partial charge in [-0.25, -0.2) is 9.59 Å². The molecule has 1 heterocycles. The number of hydrogen-bond acceptors (Lipinski definition) is 3. The Labute approximate surface area is 112 Å². The molecule has 1 rings (SSSR count). The number of nitrogens with one attached hydrogen (secondary N) is 1. The Morgan fingerprint density at radius 1 is 1.37 bits per heavy atom. The van der Waals surface area contributed by atoms with Crippen molar-refractivity contribution in [3.8, 4) is 0 Å². The van der Waals surface area contributed by atoms with Crippen LogP contribution in [0.25, 0.3) is 0 Å². The Bertz CT molecular complexity index is 359. The molecule has 0 aliphatic carbocycles. The molecule has 1 aliphatic rings. The summed E-state index contributed by atoms with van der Waals surface area (Å²) in [5.41, 5.74) is 0. The summed E-state index contributed by atoms with van der Waals surface area (Å²) < 4.78 is 0. The molecule has 1 unspecified atom stereocenters. The standard InChI is InChI=1S/C12H21N3O4/c1-3-14(2)10(16)8-13-12(19)15-7-5-4-6-9(15)11(17)18/h9H,3-8H2,1-2H3,(H,13,19)(H,17,18). The van der Waals surface area contributed by atoms with Crippen LogP contribution in [0.1, 0.15) is 26.2 Å². The summed E-state index contributed by atoms with van der Waals surface area (Å²) in [4.78, 5) is 37.3. The molecular formula is C12H21N3O4. The maximum absolute atomic E-state index is 11.9. The van der Waals surface area contributed by atoms with E-state index in [9.17, 15) is 14.4 Å². The van der Waals surface area contributed by atoms with Crippen LogP contribution < -0.4 is 5.32 Å². The molecule has 0 bridgehead atoms. The second-order valence-electron chi connectivity index (χ2n) is 4.61. The third kappa shape index (κ3) is 4.11. The van der Waals surface area contributed by atoms with Gasteiger partial charge in [0.25, 0.3) is 0 Å². The van der Waals surface area contributed by atoms with Gasteiger partial charge in [-0.15, -0.1) is 0 Å². The van der Waals surface area contributed by atoms with Crippen LogP contribution in [0.15, 0.2) is 0 Å². The predicted octanol–water partition coefficient (Wildman–Crippen LogP) is 0.113. The monoisotopic (exact) mass is 271 g/mol. The van der Waals surface area contributed by atoms with Crippen molar-refractivity contribution >= 4 is 17.9 Å². The fourth-order valence-electron chi connectivity index (χ4n) is 2.00. The lowest BCUT2D eigenvalue weighted by Gasteiger charge is -2.32. The fourth-order valence-corrected chi connectivity index (χ4v) is 2.00. The van der Waals surface area contributed by atoms with Gasteiger partial charge in [-0.05, 0) is 26.2 Å². The lowest BCUT2D eigenvalue weighted by Crippen LogP contribution is -2.53. The molecule has 7 heteroatoms. The minimum absolute atomic E-state index is 0.105. The van der Waals surface area contributed by atoms with Crippen LogP contribution in [0.4, 0.5) is 4.79 Å². The van der Waals surface area contributed by atoms with E-state index in [4.69, 9.17) is 5.11 Å². The van der Waals surface area contributed by atoms with Gasteiger partial charge in [-0.2, -0.15) is 0 Å². The molecule has 0 radical (unpaired) electrons. The highest BCUT2D eigenvalue weighted by molar-refractivity contribution is 5.86. The van der Waals surface area contributed by atoms with Crippen molar-refractivity contribution in [1.82, 2.24) is 15.1 Å². The fraction of sp³-hybridized carbons (Fsp3) is 0.750. The lowest BCUT2D eigenvalue weighted by atomic mass is 10.0. The molecule has 108 valence electrons. The summed E-state index contributed by atoms with van der Waals surface area (Å²) in [6.45, 7) is 2.72. The van der Waals surface area contributed by atoms with Crippen LogP contribution in [-0.4, -0.2) is 65.5 Å². The van der Waals surface area contributed by atoms with Gasteiger partial charge in [0.2, 0.25) is 5.91 Å². The smallest absolute Gasteiger partial charge is 0.326 e. The average Bonchev–Trinajstić information content (AvgIpc) is 2.43. The largest absolute Gasteiger partial charge is 0.480 e. The molecule has 0 saturated carbocycles. The normalized spacial score (nSPS) is 18.8. The Kier molecular flexibility index (Phi) is 5.59. The van der Waals surface area contributed by atoms with Crippen molar-refractivity contribution in [3.63, 3.8) is 0 Å². The highest BCUT2D eigenvalue weighted by Crippen LogP contribution is 2.17. The summed E-state index contributed by atoms with van der Waals surface area (Å²) >= 11 is 0. The number of hydrogen-bond donors (Lipinski definition) is 2. The Morgan fingerprint density at radius 2 is 2.05 bits per heavy atom. The maximum Gasteiger partial charge on any atom is 0.326 e. The van der Waals surface area contributed by atoms with Gasteiger partial charge in [0.15, 0.2) is 0 Å². The van der Waals surface area contributed by atoms with Crippen molar-refractivity contribution in [3.05, 3.63) is 0 Å². The molecule has 1 aliphatic heterocycles. The quantitative estimate of drug-likeness (QED) is 0.759. The molecule has 0 aromatic rings. The summed E-state index contributed by atoms with van der Waals surface area (Å²) in [7, 11) is 1.65. The van der Waals surface area contributed by atoms with Crippen molar-refractivity contribution in [1.29, 1.82) is 0 Å². The number of carboxylic acids is 1. The number of urea groups is 1. The SMILES string of the molecule is CCN(C)C(=O)CNC(=O)N1CCCCC1C(=O)O. The predicted molar refractivity (Wildman–Crippen MR) is 68.7 cm³/mol. The second kappa shape index (κ2) is 6.96. The van der Waals surface area contributed by atoms with Gasteiger partial charge in [0, 0.05) is 20.1 Å². The van der Waals surface area contributed by atoms with E-state index in [1.807, 2.05) is 6.92 Å². The molecule has 2 N–H and O–H groups in total. The Balaban J connectivity index is 2.51. The average molecular weight is 271 g/mol. The number of likely N-dealkylation sites (N-methyl/N-ethyl adjacent to an activating group) is 1. The summed E-state index contributed by atoms with van der Waals surface area (Å²) in [6, 6.07) is -1.27. The molecule has 7 nitrogen and oxygen atoms in total. The summed E-state index contributed by atoms with van der Waals surface area (Å²) in [6.07, 6.45) is 2.06. The molecule has 1 fully saturated rings. The van der Waals surface area contributed by atoms with Gasteiger partial charge >= 0.3 is 12.0 Å². The molecule has 3 amide bonds. The number of carbonyl (C=O) groups excluding carboxylic acids is 2. The van der Waals surface area contributed by atoms with E-state index in [1.165, 1.54) is 9.80 Å². The van der Waals surface area contributed by atoms with Crippen molar-refractivity contribution in [2.45, 2.75) is 32.2 Å². The zero-order valence-corrected chi connectivity index (χ0v) is 11.4. The first kappa shape index (κ1) is 15.3. The van der Waals surface area contributed by atoms with Gasteiger partial charge < -0.3 is 20.2 Å². The van der Waals surface area contributed by atoms with Crippen LogP contribution >= 0.6 is 0 Å². The molecule has 19 heavy (non-hydrogen) atoms. The van der Waals surface area contributed by atoms with E-state index >= 15 is 0 Å². The van der Waals surface area contributed by atoms with E-state index < -0.39 is 18.0 Å². The van der Waals surface area contributed by atoms with Gasteiger partial charge in [-0.1, -0.05) is 0 Å². The van der Waals surface area contributed by atoms with Crippen LogP contribution in [0, 0.1) is 0 Å². The van der Waals surface area contributed by atoms with E-state index in [1.54, 1.807) is 7.05 Å². The number of aliphatic carboxylic acids is 1. The minimum Gasteiger partial charge on any atom is -0.480 e. The van der Waals surface area contributed by atoms with E-state index in [0.717, 1.165) is 12.8 Å². The van der Waals surface area contributed by atoms with Crippen LogP contribution in [0.2, 0.25) is 0 Å². The van der Waals surface area contributed by atoms with E-state index in [0.29, 0.717) is 19.5 Å². The lowest BCUT2D eigenvalue weighted by molar-refractivity contribution is -0.143. The first-order chi connectivity index (χ1) is 8.97. The Morgan fingerprint density at radius 3 is 2.63 bits per heavy atom. The van der Waals surface area contributed by atoms with Crippen molar-refractivity contribution < 1.29 is 19.5 Å². The number of carboxylic acid groups (broad SMARTS) is 1. The first-order valence-electron chi connectivity index (χ1n) is 6.48. The van der Waals surface area contributed by atoms with Gasteiger partial charge in [-0.3, -0.25) is 4.79 Å². The molecule has 0 aromatic carbocycles. The third-order valence-corrected chi connectivity index (χ3v) is 3.34. The third-order valence-electron chi connectivity index (χ3n) is 3.34. The maximum atomic E-state index is 11.9. The highest BCUT2D eigenvalue weighted by Gasteiger charge is 2.31. The number of piperidine rings is 1. The molecule has 1 saturated heterocycles. The van der Waals surface area contributed by atoms with Gasteiger partial charge in [0.05, 0.1) is 6.54 Å². The number of rotatable bonds is 4. The number of nitrogens with zero attached hydrogens (tertiary/aromatic N) is 2. The van der Waals surface area contributed by atoms with E-state index in [-0.39, 0.29) is 12.5 Å². The van der Waals surface area contributed by atoms with Crippen LogP contribution in [0.5, 0.6) is 0 Å².